The SMILES string of the molecule is CC[C@H](C)[C@@H]([C@@H](CC(=O)N1CCC[C@H]1[C@H](OC)[C@@H](C)C(=O)O)OC)N(C)[C@H](C(=O)NC(=O)C(C)(C)N(C)C(=O)OCC1c2ccccc2-c2ccccc21)C(C)C. The van der Waals surface area contributed by atoms with E-state index in [1.165, 1.54) is 19.1 Å². The summed E-state index contributed by atoms with van der Waals surface area (Å²) in [5, 5.41) is 12.3. The fourth-order valence-electron chi connectivity index (χ4n) is 8.74. The lowest BCUT2D eigenvalue weighted by atomic mass is 9.87. The molecule has 0 bridgehead atoms. The minimum atomic E-state index is -1.46. The van der Waals surface area contributed by atoms with Crippen LogP contribution in [-0.2, 0) is 33.4 Å². The molecule has 1 saturated heterocycles. The zero-order valence-corrected chi connectivity index (χ0v) is 35.6. The minimum Gasteiger partial charge on any atom is -0.481 e. The number of nitrogens with zero attached hydrogens (tertiary/aromatic N) is 3. The monoisotopic (exact) mass is 792 g/mol. The van der Waals surface area contributed by atoms with Crippen LogP contribution in [0.4, 0.5) is 4.79 Å². The van der Waals surface area contributed by atoms with Crippen LogP contribution in [0.3, 0.4) is 0 Å². The molecule has 314 valence electrons. The zero-order valence-electron chi connectivity index (χ0n) is 35.6. The molecule has 7 atom stereocenters. The lowest BCUT2D eigenvalue weighted by molar-refractivity contribution is -0.152. The molecule has 2 N–H and O–H groups in total. The maximum absolute atomic E-state index is 14.2. The molecule has 13 nitrogen and oxygen atoms in total. The number of nitrogens with one attached hydrogen (secondary N) is 1. The van der Waals surface area contributed by atoms with Gasteiger partial charge in [0.15, 0.2) is 0 Å². The number of carbonyl (C=O) groups is 5. The molecule has 0 spiro atoms. The maximum atomic E-state index is 14.2. The standard InChI is InChI=1S/C44H64N4O9/c1-12-27(4)38(35(55-10)24-36(49)48-23-17-22-34(48)39(56-11)28(5)41(51)52)46(8)37(26(2)3)40(50)45-42(53)44(6,7)47(9)43(54)57-25-33-31-20-15-13-18-29(31)30-19-14-16-21-32(30)33/h13-16,18-21,26-28,33-35,37-39H,12,17,22-25H2,1-11H3,(H,51,52)(H,45,50,53)/t27-,28+,34-,35+,37-,38-,39+/m0/s1. The van der Waals surface area contributed by atoms with Crippen LogP contribution in [-0.4, -0.2) is 127 Å². The van der Waals surface area contributed by atoms with Gasteiger partial charge in [-0.05, 0) is 74.8 Å². The first kappa shape index (κ1) is 45.4. The van der Waals surface area contributed by atoms with Gasteiger partial charge in [0.05, 0.1) is 36.6 Å². The number of carboxylic acids is 1. The average Bonchev–Trinajstić information content (AvgIpc) is 3.79. The van der Waals surface area contributed by atoms with E-state index in [2.05, 4.69) is 17.4 Å². The molecule has 0 unspecified atom stereocenters. The number of ether oxygens (including phenoxy) is 3. The van der Waals surface area contributed by atoms with E-state index in [-0.39, 0.29) is 42.7 Å². The normalized spacial score (nSPS) is 18.6. The van der Waals surface area contributed by atoms with E-state index >= 15 is 0 Å². The fraction of sp³-hybridized carbons (Fsp3) is 0.614. The summed E-state index contributed by atoms with van der Waals surface area (Å²) in [4.78, 5) is 72.2. The number of rotatable bonds is 18. The molecule has 4 amide bonds. The number of amides is 4. The van der Waals surface area contributed by atoms with Crippen molar-refractivity contribution in [1.29, 1.82) is 0 Å². The van der Waals surface area contributed by atoms with Gasteiger partial charge in [-0.1, -0.05) is 82.6 Å². The molecule has 13 heteroatoms. The van der Waals surface area contributed by atoms with E-state index < -0.39 is 59.6 Å². The van der Waals surface area contributed by atoms with Crippen LogP contribution in [0, 0.1) is 17.8 Å². The quantitative estimate of drug-likeness (QED) is 0.190. The summed E-state index contributed by atoms with van der Waals surface area (Å²) in [5.74, 6) is -3.60. The molecular weight excluding hydrogens is 729 g/mol. The Hall–Kier alpha value is -4.33. The van der Waals surface area contributed by atoms with Crippen molar-refractivity contribution in [3.05, 3.63) is 59.7 Å². The molecule has 1 aliphatic carbocycles. The molecule has 2 aromatic carbocycles. The van der Waals surface area contributed by atoms with Crippen LogP contribution in [0.15, 0.2) is 48.5 Å². The Morgan fingerprint density at radius 2 is 1.51 bits per heavy atom. The third-order valence-electron chi connectivity index (χ3n) is 12.5. The minimum absolute atomic E-state index is 0.00750. The zero-order chi connectivity index (χ0) is 42.4. The number of fused-ring (bicyclic) bond motifs is 3. The van der Waals surface area contributed by atoms with Gasteiger partial charge in [0.1, 0.15) is 12.1 Å². The van der Waals surface area contributed by atoms with E-state index in [0.717, 1.165) is 35.1 Å². The van der Waals surface area contributed by atoms with Crippen LogP contribution in [0.2, 0.25) is 0 Å². The number of methoxy groups -OCH3 is 2. The van der Waals surface area contributed by atoms with Crippen LogP contribution in [0.1, 0.15) is 91.2 Å². The summed E-state index contributed by atoms with van der Waals surface area (Å²) in [5.41, 5.74) is 2.89. The number of carboxylic acid groups (broad SMARTS) is 1. The molecule has 2 aromatic rings. The Balaban J connectivity index is 1.46. The Bertz CT molecular complexity index is 1700. The van der Waals surface area contributed by atoms with Crippen molar-refractivity contribution in [3.63, 3.8) is 0 Å². The fourth-order valence-corrected chi connectivity index (χ4v) is 8.74. The van der Waals surface area contributed by atoms with E-state index in [9.17, 15) is 29.1 Å². The highest BCUT2D eigenvalue weighted by molar-refractivity contribution is 6.02. The number of benzene rings is 2. The molecule has 4 rings (SSSR count). The molecule has 1 heterocycles. The topological polar surface area (TPSA) is 155 Å². The van der Waals surface area contributed by atoms with Gasteiger partial charge >= 0.3 is 12.1 Å². The molecule has 0 saturated carbocycles. The van der Waals surface area contributed by atoms with Crippen LogP contribution >= 0.6 is 0 Å². The van der Waals surface area contributed by atoms with E-state index in [1.807, 2.05) is 76.0 Å². The predicted molar refractivity (Wildman–Crippen MR) is 217 cm³/mol. The number of likely N-dealkylation sites (tertiary alicyclic amines) is 1. The summed E-state index contributed by atoms with van der Waals surface area (Å²) >= 11 is 0. The molecule has 2 aliphatic rings. The average molecular weight is 793 g/mol. The molecule has 1 fully saturated rings. The van der Waals surface area contributed by atoms with E-state index in [1.54, 1.807) is 32.8 Å². The molecule has 0 aromatic heterocycles. The summed E-state index contributed by atoms with van der Waals surface area (Å²) in [6, 6.07) is 14.5. The Kier molecular flexibility index (Phi) is 15.5. The number of hydrogen-bond acceptors (Lipinski definition) is 9. The number of imide groups is 1. The van der Waals surface area contributed by atoms with E-state index in [0.29, 0.717) is 13.0 Å². The summed E-state index contributed by atoms with van der Waals surface area (Å²) in [6.45, 7) is 13.1. The van der Waals surface area contributed by atoms with Gasteiger partial charge in [0.25, 0.3) is 5.91 Å². The summed E-state index contributed by atoms with van der Waals surface area (Å²) in [7, 11) is 6.31. The lowest BCUT2D eigenvalue weighted by Gasteiger charge is -2.43. The van der Waals surface area contributed by atoms with Crippen molar-refractivity contribution in [2.24, 2.45) is 17.8 Å². The molecular formula is C44H64N4O9. The highest BCUT2D eigenvalue weighted by atomic mass is 16.6. The second-order valence-corrected chi connectivity index (χ2v) is 16.6. The second kappa shape index (κ2) is 19.4. The molecule has 57 heavy (non-hydrogen) atoms. The Morgan fingerprint density at radius 3 is 2.02 bits per heavy atom. The van der Waals surface area contributed by atoms with Gasteiger partial charge in [0, 0.05) is 39.8 Å². The molecule has 1 aliphatic heterocycles. The van der Waals surface area contributed by atoms with Gasteiger partial charge in [0.2, 0.25) is 11.8 Å². The number of likely N-dealkylation sites (N-methyl/N-ethyl adjacent to an activating group) is 2. The van der Waals surface area contributed by atoms with Gasteiger partial charge in [-0.2, -0.15) is 0 Å². The number of aliphatic carboxylic acids is 1. The van der Waals surface area contributed by atoms with Crippen molar-refractivity contribution in [1.82, 2.24) is 20.0 Å². The second-order valence-electron chi connectivity index (χ2n) is 16.6. The first-order valence-corrected chi connectivity index (χ1v) is 20.2. The number of hydrogen-bond donors (Lipinski definition) is 2. The van der Waals surface area contributed by atoms with Gasteiger partial charge in [-0.25, -0.2) is 4.79 Å². The highest BCUT2D eigenvalue weighted by Crippen LogP contribution is 2.44. The Morgan fingerprint density at radius 1 is 0.930 bits per heavy atom. The largest absolute Gasteiger partial charge is 0.481 e. The smallest absolute Gasteiger partial charge is 0.410 e. The van der Waals surface area contributed by atoms with Crippen molar-refractivity contribution in [2.75, 3.05) is 41.5 Å². The summed E-state index contributed by atoms with van der Waals surface area (Å²) < 4.78 is 17.5. The van der Waals surface area contributed by atoms with Gasteiger partial charge in [-0.3, -0.25) is 34.3 Å². The third kappa shape index (κ3) is 9.69. The van der Waals surface area contributed by atoms with Crippen LogP contribution in [0.25, 0.3) is 11.1 Å². The lowest BCUT2D eigenvalue weighted by Crippen LogP contribution is -2.62. The van der Waals surface area contributed by atoms with Crippen LogP contribution < -0.4 is 5.32 Å². The first-order chi connectivity index (χ1) is 26.9. The highest BCUT2D eigenvalue weighted by Gasteiger charge is 2.45. The van der Waals surface area contributed by atoms with Gasteiger partial charge < -0.3 is 24.2 Å². The van der Waals surface area contributed by atoms with E-state index in [4.69, 9.17) is 14.2 Å². The molecule has 0 radical (unpaired) electrons. The Labute approximate surface area is 338 Å². The maximum Gasteiger partial charge on any atom is 0.410 e. The van der Waals surface area contributed by atoms with Crippen molar-refractivity contribution in [3.8, 4) is 11.1 Å². The van der Waals surface area contributed by atoms with Crippen LogP contribution in [0.5, 0.6) is 0 Å². The van der Waals surface area contributed by atoms with Crippen molar-refractivity contribution in [2.45, 2.75) is 116 Å². The van der Waals surface area contributed by atoms with Crippen molar-refractivity contribution < 1.29 is 43.3 Å². The van der Waals surface area contributed by atoms with Gasteiger partial charge in [-0.15, -0.1) is 0 Å². The predicted octanol–water partition coefficient (Wildman–Crippen LogP) is 5.79. The third-order valence-corrected chi connectivity index (χ3v) is 12.5. The summed E-state index contributed by atoms with van der Waals surface area (Å²) in [6.07, 6.45) is 0.102. The van der Waals surface area contributed by atoms with Crippen molar-refractivity contribution >= 4 is 29.8 Å². The number of carbonyl (C=O) groups excluding carboxylic acids is 4. The first-order valence-electron chi connectivity index (χ1n) is 20.2.